The lowest BCUT2D eigenvalue weighted by molar-refractivity contribution is -0.116. The number of anilines is 1. The zero-order valence-electron chi connectivity index (χ0n) is 14.7. The number of amides is 2. The lowest BCUT2D eigenvalue weighted by atomic mass is 10.2. The van der Waals surface area contributed by atoms with Gasteiger partial charge in [-0.1, -0.05) is 6.07 Å². The summed E-state index contributed by atoms with van der Waals surface area (Å²) in [6.45, 7) is 2.18. The van der Waals surface area contributed by atoms with Gasteiger partial charge in [-0.05, 0) is 43.0 Å². The van der Waals surface area contributed by atoms with Gasteiger partial charge in [0.05, 0.1) is 10.6 Å². The molecule has 0 aliphatic carbocycles. The largest absolute Gasteiger partial charge is 0.351 e. The van der Waals surface area contributed by atoms with Gasteiger partial charge in [0, 0.05) is 31.0 Å². The molecule has 140 valence electrons. The summed E-state index contributed by atoms with van der Waals surface area (Å²) in [6, 6.07) is 8.09. The first-order valence-corrected chi connectivity index (χ1v) is 9.34. The van der Waals surface area contributed by atoms with Crippen LogP contribution in [0.2, 0.25) is 0 Å². The molecule has 3 rings (SSSR count). The SMILES string of the molecule is Cc1nccn1-c1ccc(NC(=O)CCCNC(=O)c2cccs2)cc1F. The maximum atomic E-state index is 14.3. The number of hydrogen-bond donors (Lipinski definition) is 2. The fourth-order valence-electron chi connectivity index (χ4n) is 2.58. The van der Waals surface area contributed by atoms with Crippen LogP contribution >= 0.6 is 11.3 Å². The molecule has 0 bridgehead atoms. The van der Waals surface area contributed by atoms with Crippen molar-refractivity contribution in [2.24, 2.45) is 0 Å². The summed E-state index contributed by atoms with van der Waals surface area (Å²) in [5.74, 6) is -0.142. The van der Waals surface area contributed by atoms with Gasteiger partial charge in [0.1, 0.15) is 11.6 Å². The number of nitrogens with zero attached hydrogens (tertiary/aromatic N) is 2. The Morgan fingerprint density at radius 3 is 2.81 bits per heavy atom. The van der Waals surface area contributed by atoms with E-state index in [2.05, 4.69) is 15.6 Å². The number of hydrogen-bond acceptors (Lipinski definition) is 4. The van der Waals surface area contributed by atoms with Gasteiger partial charge in [0.25, 0.3) is 5.91 Å². The predicted octanol–water partition coefficient (Wildman–Crippen LogP) is 3.53. The van der Waals surface area contributed by atoms with Crippen LogP contribution < -0.4 is 10.6 Å². The number of nitrogens with one attached hydrogen (secondary N) is 2. The summed E-state index contributed by atoms with van der Waals surface area (Å²) >= 11 is 1.37. The van der Waals surface area contributed by atoms with Crippen molar-refractivity contribution in [1.29, 1.82) is 0 Å². The standard InChI is InChI=1S/C19H19FN4O2S/c1-13-21-9-10-24(13)16-7-6-14(12-15(16)20)23-18(25)5-2-8-22-19(26)17-4-3-11-27-17/h3-4,6-7,9-12H,2,5,8H2,1H3,(H,22,26)(H,23,25). The first-order chi connectivity index (χ1) is 13.0. The molecule has 0 spiro atoms. The molecule has 0 aliphatic rings. The van der Waals surface area contributed by atoms with E-state index in [-0.39, 0.29) is 18.2 Å². The fraction of sp³-hybridized carbons (Fsp3) is 0.211. The summed E-state index contributed by atoms with van der Waals surface area (Å²) in [4.78, 5) is 28.5. The van der Waals surface area contributed by atoms with Gasteiger partial charge >= 0.3 is 0 Å². The van der Waals surface area contributed by atoms with Crippen LogP contribution in [0.5, 0.6) is 0 Å². The number of carbonyl (C=O) groups excluding carboxylic acids is 2. The minimum atomic E-state index is -0.447. The van der Waals surface area contributed by atoms with Crippen molar-refractivity contribution in [3.05, 3.63) is 64.6 Å². The molecule has 27 heavy (non-hydrogen) atoms. The molecular weight excluding hydrogens is 367 g/mol. The highest BCUT2D eigenvalue weighted by Gasteiger charge is 2.10. The van der Waals surface area contributed by atoms with Crippen LogP contribution in [0.3, 0.4) is 0 Å². The first-order valence-electron chi connectivity index (χ1n) is 8.46. The van der Waals surface area contributed by atoms with Gasteiger partial charge < -0.3 is 15.2 Å². The van der Waals surface area contributed by atoms with Crippen molar-refractivity contribution in [3.63, 3.8) is 0 Å². The average Bonchev–Trinajstić information content (AvgIpc) is 3.31. The zero-order valence-corrected chi connectivity index (χ0v) is 15.6. The van der Waals surface area contributed by atoms with Crippen LogP contribution in [0.1, 0.15) is 28.3 Å². The first kappa shape index (κ1) is 18.8. The van der Waals surface area contributed by atoms with Gasteiger partial charge in [0.2, 0.25) is 5.91 Å². The second kappa shape index (κ2) is 8.59. The zero-order chi connectivity index (χ0) is 19.2. The Bertz CT molecular complexity index is 937. The highest BCUT2D eigenvalue weighted by atomic mass is 32.1. The average molecular weight is 386 g/mol. The number of aryl methyl sites for hydroxylation is 1. The molecule has 2 heterocycles. The molecule has 8 heteroatoms. The molecule has 0 saturated heterocycles. The van der Waals surface area contributed by atoms with E-state index in [9.17, 15) is 14.0 Å². The maximum absolute atomic E-state index is 14.3. The van der Waals surface area contributed by atoms with Gasteiger partial charge in [0.15, 0.2) is 0 Å². The smallest absolute Gasteiger partial charge is 0.261 e. The minimum absolute atomic E-state index is 0.141. The van der Waals surface area contributed by atoms with E-state index < -0.39 is 5.82 Å². The normalized spacial score (nSPS) is 10.6. The molecular formula is C19H19FN4O2S. The molecule has 3 aromatic rings. The number of benzene rings is 1. The summed E-state index contributed by atoms with van der Waals surface area (Å²) in [5.41, 5.74) is 0.765. The van der Waals surface area contributed by atoms with E-state index in [0.29, 0.717) is 35.0 Å². The highest BCUT2D eigenvalue weighted by molar-refractivity contribution is 7.12. The van der Waals surface area contributed by atoms with Gasteiger partial charge in [-0.15, -0.1) is 11.3 Å². The van der Waals surface area contributed by atoms with Crippen LogP contribution in [-0.4, -0.2) is 27.9 Å². The monoisotopic (exact) mass is 386 g/mol. The van der Waals surface area contributed by atoms with Crippen LogP contribution in [0.25, 0.3) is 5.69 Å². The Balaban J connectivity index is 1.47. The van der Waals surface area contributed by atoms with Crippen molar-refractivity contribution in [2.45, 2.75) is 19.8 Å². The molecule has 0 saturated carbocycles. The van der Waals surface area contributed by atoms with E-state index in [4.69, 9.17) is 0 Å². The lowest BCUT2D eigenvalue weighted by Crippen LogP contribution is -2.24. The second-order valence-electron chi connectivity index (χ2n) is 5.90. The molecule has 2 amide bonds. The molecule has 0 fully saturated rings. The topological polar surface area (TPSA) is 76.0 Å². The number of rotatable bonds is 7. The third-order valence-corrected chi connectivity index (χ3v) is 4.80. The van der Waals surface area contributed by atoms with E-state index >= 15 is 0 Å². The van der Waals surface area contributed by atoms with Gasteiger partial charge in [-0.25, -0.2) is 9.37 Å². The Kier molecular flexibility index (Phi) is 5.97. The number of imidazole rings is 1. The quantitative estimate of drug-likeness (QED) is 0.610. The van der Waals surface area contributed by atoms with Crippen molar-refractivity contribution < 1.29 is 14.0 Å². The van der Waals surface area contributed by atoms with Crippen molar-refractivity contribution in [2.75, 3.05) is 11.9 Å². The molecule has 0 unspecified atom stereocenters. The molecule has 2 N–H and O–H groups in total. The number of thiophene rings is 1. The molecule has 6 nitrogen and oxygen atoms in total. The molecule has 2 aromatic heterocycles. The highest BCUT2D eigenvalue weighted by Crippen LogP contribution is 2.19. The van der Waals surface area contributed by atoms with E-state index in [1.54, 1.807) is 42.1 Å². The summed E-state index contributed by atoms with van der Waals surface area (Å²) in [5, 5.41) is 7.27. The van der Waals surface area contributed by atoms with Crippen molar-refractivity contribution in [1.82, 2.24) is 14.9 Å². The lowest BCUT2D eigenvalue weighted by Gasteiger charge is -2.10. The van der Waals surface area contributed by atoms with E-state index in [0.717, 1.165) is 0 Å². The number of carbonyl (C=O) groups is 2. The minimum Gasteiger partial charge on any atom is -0.351 e. The van der Waals surface area contributed by atoms with Crippen LogP contribution in [0.4, 0.5) is 10.1 Å². The number of halogens is 1. The third kappa shape index (κ3) is 4.79. The van der Waals surface area contributed by atoms with E-state index in [1.807, 2.05) is 11.4 Å². The second-order valence-corrected chi connectivity index (χ2v) is 6.84. The maximum Gasteiger partial charge on any atom is 0.261 e. The molecule has 0 radical (unpaired) electrons. The van der Waals surface area contributed by atoms with Crippen LogP contribution in [0.15, 0.2) is 48.1 Å². The van der Waals surface area contributed by atoms with Crippen LogP contribution in [0, 0.1) is 12.7 Å². The Morgan fingerprint density at radius 2 is 2.15 bits per heavy atom. The Labute approximate surface area is 160 Å². The Morgan fingerprint density at radius 1 is 1.30 bits per heavy atom. The molecule has 0 aliphatic heterocycles. The number of aromatic nitrogens is 2. The predicted molar refractivity (Wildman–Crippen MR) is 103 cm³/mol. The summed E-state index contributed by atoms with van der Waals surface area (Å²) in [6.07, 6.45) is 4.00. The third-order valence-electron chi connectivity index (χ3n) is 3.93. The van der Waals surface area contributed by atoms with Crippen molar-refractivity contribution >= 4 is 28.8 Å². The Hall–Kier alpha value is -3.00. The summed E-state index contributed by atoms with van der Waals surface area (Å²) < 4.78 is 16.0. The van der Waals surface area contributed by atoms with Gasteiger partial charge in [-0.2, -0.15) is 0 Å². The molecule has 1 aromatic carbocycles. The van der Waals surface area contributed by atoms with Crippen molar-refractivity contribution in [3.8, 4) is 5.69 Å². The van der Waals surface area contributed by atoms with Gasteiger partial charge in [-0.3, -0.25) is 9.59 Å². The fourth-order valence-corrected chi connectivity index (χ4v) is 3.22. The van der Waals surface area contributed by atoms with Crippen LogP contribution in [-0.2, 0) is 4.79 Å². The summed E-state index contributed by atoms with van der Waals surface area (Å²) in [7, 11) is 0. The van der Waals surface area contributed by atoms with E-state index in [1.165, 1.54) is 17.4 Å². The molecule has 0 atom stereocenters.